The molecule has 23 heavy (non-hydrogen) atoms. The highest BCUT2D eigenvalue weighted by atomic mass is 35.5. The molecule has 0 aliphatic heterocycles. The van der Waals surface area contributed by atoms with Gasteiger partial charge in [0.2, 0.25) is 5.78 Å². The van der Waals surface area contributed by atoms with E-state index in [1.807, 2.05) is 0 Å². The summed E-state index contributed by atoms with van der Waals surface area (Å²) in [5.41, 5.74) is -0.186. The van der Waals surface area contributed by atoms with Gasteiger partial charge in [0.25, 0.3) is 0 Å². The fourth-order valence-corrected chi connectivity index (χ4v) is 2.43. The van der Waals surface area contributed by atoms with Gasteiger partial charge in [-0.25, -0.2) is 4.39 Å². The maximum absolute atomic E-state index is 13.7. The number of hydrogen-bond acceptors (Lipinski definition) is 4. The molecular formula is C17H10ClFO4. The molecule has 1 heterocycles. The van der Waals surface area contributed by atoms with Crippen molar-refractivity contribution in [2.24, 2.45) is 0 Å². The number of ketones is 1. The van der Waals surface area contributed by atoms with Crippen LogP contribution >= 0.6 is 11.6 Å². The van der Waals surface area contributed by atoms with Gasteiger partial charge in [0.05, 0.1) is 10.4 Å². The van der Waals surface area contributed by atoms with Gasteiger partial charge in [-0.1, -0.05) is 23.7 Å². The maximum atomic E-state index is 13.7. The number of para-hydroxylation sites is 1. The molecule has 0 unspecified atom stereocenters. The largest absolute Gasteiger partial charge is 0.508 e. The highest BCUT2D eigenvalue weighted by Crippen LogP contribution is 2.23. The minimum absolute atomic E-state index is 0.0923. The molecule has 0 saturated heterocycles. The van der Waals surface area contributed by atoms with E-state index in [-0.39, 0.29) is 39.5 Å². The molecule has 6 heteroatoms. The lowest BCUT2D eigenvalue weighted by Crippen LogP contribution is -2.10. The zero-order chi connectivity index (χ0) is 16.6. The lowest BCUT2D eigenvalue weighted by Gasteiger charge is -2.05. The van der Waals surface area contributed by atoms with Crippen LogP contribution in [0, 0.1) is 5.82 Å². The van der Waals surface area contributed by atoms with E-state index in [0.29, 0.717) is 0 Å². The molecule has 0 fully saturated rings. The Labute approximate surface area is 134 Å². The number of carbonyl (C=O) groups is 1. The van der Waals surface area contributed by atoms with Gasteiger partial charge in [-0.2, -0.15) is 0 Å². The highest BCUT2D eigenvalue weighted by molar-refractivity contribution is 6.34. The molecule has 0 atom stereocenters. The summed E-state index contributed by atoms with van der Waals surface area (Å²) < 4.78 is 19.1. The molecule has 4 nitrogen and oxygen atoms in total. The van der Waals surface area contributed by atoms with Gasteiger partial charge in [-0.3, -0.25) is 9.59 Å². The predicted octanol–water partition coefficient (Wildman–Crippen LogP) is 3.72. The average Bonchev–Trinajstić information content (AvgIpc) is 2.51. The van der Waals surface area contributed by atoms with E-state index in [1.165, 1.54) is 12.1 Å². The summed E-state index contributed by atoms with van der Waals surface area (Å²) >= 11 is 5.98. The van der Waals surface area contributed by atoms with Gasteiger partial charge in [0.15, 0.2) is 16.8 Å². The molecule has 0 spiro atoms. The van der Waals surface area contributed by atoms with Crippen LogP contribution in [0.15, 0.2) is 51.7 Å². The minimum atomic E-state index is -0.709. The van der Waals surface area contributed by atoms with E-state index in [9.17, 15) is 19.1 Å². The zero-order valence-corrected chi connectivity index (χ0v) is 12.4. The number of fused-ring (bicyclic) bond motifs is 1. The smallest absolute Gasteiger partial charge is 0.202 e. The average molecular weight is 333 g/mol. The van der Waals surface area contributed by atoms with Crippen LogP contribution in [0.25, 0.3) is 11.0 Å². The van der Waals surface area contributed by atoms with E-state index in [4.69, 9.17) is 16.0 Å². The molecule has 0 aliphatic carbocycles. The maximum Gasteiger partial charge on any atom is 0.202 e. The fourth-order valence-electron chi connectivity index (χ4n) is 2.22. The highest BCUT2D eigenvalue weighted by Gasteiger charge is 2.16. The second-order valence-corrected chi connectivity index (χ2v) is 5.37. The Kier molecular flexibility index (Phi) is 3.88. The van der Waals surface area contributed by atoms with Crippen molar-refractivity contribution in [3.63, 3.8) is 0 Å². The van der Waals surface area contributed by atoms with Crippen molar-refractivity contribution >= 4 is 28.4 Å². The second-order valence-electron chi connectivity index (χ2n) is 4.97. The summed E-state index contributed by atoms with van der Waals surface area (Å²) in [5, 5.41) is 9.66. The van der Waals surface area contributed by atoms with Gasteiger partial charge in [-0.05, 0) is 23.8 Å². The number of halogens is 2. The summed E-state index contributed by atoms with van der Waals surface area (Å²) in [6.45, 7) is 0. The Morgan fingerprint density at radius 2 is 2.00 bits per heavy atom. The van der Waals surface area contributed by atoms with Crippen molar-refractivity contribution in [2.75, 3.05) is 0 Å². The molecule has 0 radical (unpaired) electrons. The lowest BCUT2D eigenvalue weighted by molar-refractivity contribution is 0.0965. The van der Waals surface area contributed by atoms with Crippen LogP contribution in [0.1, 0.15) is 16.1 Å². The Bertz CT molecular complexity index is 978. The zero-order valence-electron chi connectivity index (χ0n) is 11.7. The van der Waals surface area contributed by atoms with Crippen LogP contribution in [-0.2, 0) is 6.42 Å². The summed E-state index contributed by atoms with van der Waals surface area (Å²) in [4.78, 5) is 24.3. The Morgan fingerprint density at radius 1 is 1.22 bits per heavy atom. The van der Waals surface area contributed by atoms with Crippen LogP contribution in [-0.4, -0.2) is 10.9 Å². The van der Waals surface area contributed by atoms with E-state index >= 15 is 0 Å². The number of Topliss-reactive ketones (excluding diaryl/α,β-unsaturated/α-hetero) is 1. The molecule has 0 amide bonds. The number of carbonyl (C=O) groups excluding carboxylic acids is 1. The molecular weight excluding hydrogens is 323 g/mol. The first-order valence-corrected chi connectivity index (χ1v) is 7.06. The normalized spacial score (nSPS) is 10.9. The van der Waals surface area contributed by atoms with Gasteiger partial charge in [-0.15, -0.1) is 0 Å². The van der Waals surface area contributed by atoms with Crippen molar-refractivity contribution in [3.8, 4) is 5.75 Å². The third-order valence-corrected chi connectivity index (χ3v) is 3.67. The van der Waals surface area contributed by atoms with E-state index in [0.717, 1.165) is 12.1 Å². The molecule has 0 bridgehead atoms. The molecule has 0 saturated carbocycles. The van der Waals surface area contributed by atoms with Gasteiger partial charge < -0.3 is 9.52 Å². The molecule has 3 aromatic rings. The van der Waals surface area contributed by atoms with Crippen LogP contribution in [0.2, 0.25) is 5.02 Å². The van der Waals surface area contributed by atoms with E-state index in [2.05, 4.69) is 0 Å². The van der Waals surface area contributed by atoms with Crippen LogP contribution in [0.3, 0.4) is 0 Å². The predicted molar refractivity (Wildman–Crippen MR) is 83.6 cm³/mol. The number of hydrogen-bond donors (Lipinski definition) is 1. The van der Waals surface area contributed by atoms with Crippen LogP contribution in [0.5, 0.6) is 5.75 Å². The monoisotopic (exact) mass is 332 g/mol. The summed E-state index contributed by atoms with van der Waals surface area (Å²) in [6.07, 6.45) is -0.301. The number of rotatable bonds is 3. The first-order chi connectivity index (χ1) is 11.0. The molecule has 0 aliphatic rings. The fraction of sp³-hybridized carbons (Fsp3) is 0.0588. The van der Waals surface area contributed by atoms with Crippen molar-refractivity contribution in [1.29, 1.82) is 0 Å². The van der Waals surface area contributed by atoms with Crippen LogP contribution in [0.4, 0.5) is 4.39 Å². The second kappa shape index (κ2) is 5.85. The standard InChI is InChI=1S/C17H10ClFO4/c18-12-3-1-2-11-14(21)8-16(23-17(11)12)15(22)6-9-4-5-10(20)7-13(9)19/h1-5,7-8,20H,6H2. The molecule has 3 rings (SSSR count). The lowest BCUT2D eigenvalue weighted by atomic mass is 10.1. The van der Waals surface area contributed by atoms with Gasteiger partial charge >= 0.3 is 0 Å². The first kappa shape index (κ1) is 15.2. The number of aromatic hydroxyl groups is 1. The van der Waals surface area contributed by atoms with E-state index in [1.54, 1.807) is 18.2 Å². The molecule has 1 N–H and O–H groups in total. The number of benzene rings is 2. The topological polar surface area (TPSA) is 67.5 Å². The third kappa shape index (κ3) is 2.96. The Balaban J connectivity index is 2.01. The molecule has 2 aromatic carbocycles. The van der Waals surface area contributed by atoms with Crippen molar-refractivity contribution in [3.05, 3.63) is 74.9 Å². The number of phenolic OH excluding ortho intramolecular Hbond substituents is 1. The SMILES string of the molecule is O=C(Cc1ccc(O)cc1F)c1cc(=O)c2cccc(Cl)c2o1. The van der Waals surface area contributed by atoms with E-state index < -0.39 is 17.0 Å². The summed E-state index contributed by atoms with van der Waals surface area (Å²) in [7, 11) is 0. The Hall–Kier alpha value is -2.66. The summed E-state index contributed by atoms with van der Waals surface area (Å²) in [5.74, 6) is -1.70. The third-order valence-electron chi connectivity index (χ3n) is 3.37. The number of phenols is 1. The van der Waals surface area contributed by atoms with Crippen molar-refractivity contribution in [1.82, 2.24) is 0 Å². The minimum Gasteiger partial charge on any atom is -0.508 e. The summed E-state index contributed by atoms with van der Waals surface area (Å²) in [6, 6.07) is 9.25. The van der Waals surface area contributed by atoms with Crippen molar-refractivity contribution in [2.45, 2.75) is 6.42 Å². The van der Waals surface area contributed by atoms with Crippen LogP contribution < -0.4 is 5.43 Å². The Morgan fingerprint density at radius 3 is 2.74 bits per heavy atom. The first-order valence-electron chi connectivity index (χ1n) is 6.68. The van der Waals surface area contributed by atoms with Gasteiger partial charge in [0.1, 0.15) is 11.6 Å². The molecule has 1 aromatic heterocycles. The quantitative estimate of drug-likeness (QED) is 0.742. The van der Waals surface area contributed by atoms with Crippen molar-refractivity contribution < 1.29 is 18.7 Å². The molecule has 116 valence electrons. The van der Waals surface area contributed by atoms with Gasteiger partial charge in [0, 0.05) is 18.6 Å².